The molecule has 0 spiro atoms. The van der Waals surface area contributed by atoms with Crippen molar-refractivity contribution < 1.29 is 22.7 Å². The van der Waals surface area contributed by atoms with Crippen LogP contribution in [0.4, 0.5) is 18.9 Å². The second kappa shape index (κ2) is 8.05. The minimum Gasteiger partial charge on any atom is -0.481 e. The van der Waals surface area contributed by atoms with Crippen LogP contribution in [-0.2, 0) is 17.4 Å². The number of rotatable bonds is 6. The molecule has 1 unspecified atom stereocenters. The van der Waals surface area contributed by atoms with Crippen LogP contribution in [0.15, 0.2) is 48.5 Å². The number of anilines is 1. The first-order valence-electron chi connectivity index (χ1n) is 8.07. The first kappa shape index (κ1) is 18.8. The van der Waals surface area contributed by atoms with E-state index in [9.17, 15) is 18.0 Å². The number of hydrogen-bond donors (Lipinski definition) is 1. The first-order chi connectivity index (χ1) is 11.8. The summed E-state index contributed by atoms with van der Waals surface area (Å²) in [7, 11) is 0. The Morgan fingerprint density at radius 1 is 1.08 bits per heavy atom. The van der Waals surface area contributed by atoms with Gasteiger partial charge in [0.25, 0.3) is 5.91 Å². The van der Waals surface area contributed by atoms with E-state index < -0.39 is 23.8 Å². The van der Waals surface area contributed by atoms with E-state index in [1.54, 1.807) is 19.1 Å². The minimum absolute atomic E-state index is 0.275. The number of benzene rings is 2. The second-order valence-electron chi connectivity index (χ2n) is 5.54. The molecule has 2 rings (SSSR count). The zero-order valence-corrected chi connectivity index (χ0v) is 14.1. The van der Waals surface area contributed by atoms with Crippen molar-refractivity contribution in [3.8, 4) is 5.75 Å². The quantitative estimate of drug-likeness (QED) is 0.790. The highest BCUT2D eigenvalue weighted by molar-refractivity contribution is 5.95. The molecule has 0 bridgehead atoms. The number of halogens is 3. The normalized spacial score (nSPS) is 12.5. The third kappa shape index (κ3) is 4.98. The highest BCUT2D eigenvalue weighted by Gasteiger charge is 2.34. The molecule has 0 aromatic heterocycles. The lowest BCUT2D eigenvalue weighted by molar-refractivity contribution is -0.137. The first-order valence-corrected chi connectivity index (χ1v) is 8.07. The van der Waals surface area contributed by atoms with Crippen molar-refractivity contribution in [2.75, 3.05) is 5.32 Å². The van der Waals surface area contributed by atoms with Crippen molar-refractivity contribution in [3.63, 3.8) is 0 Å². The van der Waals surface area contributed by atoms with E-state index in [-0.39, 0.29) is 5.69 Å². The SMILES string of the molecule is CCc1ccc(OC(CC)C(=O)Nc2ccccc2C(F)(F)F)cc1. The van der Waals surface area contributed by atoms with Gasteiger partial charge in [0, 0.05) is 0 Å². The van der Waals surface area contributed by atoms with Gasteiger partial charge in [-0.05, 0) is 42.7 Å². The van der Waals surface area contributed by atoms with Gasteiger partial charge in [-0.3, -0.25) is 4.79 Å². The summed E-state index contributed by atoms with van der Waals surface area (Å²) in [5.74, 6) is -0.109. The number of nitrogens with one attached hydrogen (secondary N) is 1. The maximum Gasteiger partial charge on any atom is 0.418 e. The smallest absolute Gasteiger partial charge is 0.418 e. The van der Waals surface area contributed by atoms with Crippen molar-refractivity contribution in [2.24, 2.45) is 0 Å². The maximum absolute atomic E-state index is 13.0. The molecule has 0 fully saturated rings. The van der Waals surface area contributed by atoms with Crippen LogP contribution in [0, 0.1) is 0 Å². The summed E-state index contributed by atoms with van der Waals surface area (Å²) in [4.78, 5) is 12.3. The molecule has 2 aromatic rings. The molecule has 0 aliphatic heterocycles. The monoisotopic (exact) mass is 351 g/mol. The molecule has 1 atom stereocenters. The van der Waals surface area contributed by atoms with Crippen LogP contribution in [0.25, 0.3) is 0 Å². The molecule has 1 N–H and O–H groups in total. The standard InChI is InChI=1S/C19H20F3NO2/c1-3-13-9-11-14(12-10-13)25-17(4-2)18(24)23-16-8-6-5-7-15(16)19(20,21)22/h5-12,17H,3-4H2,1-2H3,(H,23,24). The molecule has 0 saturated carbocycles. The Morgan fingerprint density at radius 2 is 1.72 bits per heavy atom. The molecular weight excluding hydrogens is 331 g/mol. The van der Waals surface area contributed by atoms with Gasteiger partial charge in [-0.2, -0.15) is 13.2 Å². The van der Waals surface area contributed by atoms with Crippen LogP contribution in [-0.4, -0.2) is 12.0 Å². The lowest BCUT2D eigenvalue weighted by Gasteiger charge is -2.19. The highest BCUT2D eigenvalue weighted by atomic mass is 19.4. The van der Waals surface area contributed by atoms with E-state index >= 15 is 0 Å². The minimum atomic E-state index is -4.54. The number of aryl methyl sites for hydroxylation is 1. The fraction of sp³-hybridized carbons (Fsp3) is 0.316. The third-order valence-electron chi connectivity index (χ3n) is 3.76. The van der Waals surface area contributed by atoms with E-state index in [1.165, 1.54) is 18.2 Å². The van der Waals surface area contributed by atoms with Crippen LogP contribution < -0.4 is 10.1 Å². The molecule has 25 heavy (non-hydrogen) atoms. The Kier molecular flexibility index (Phi) is 6.07. The Balaban J connectivity index is 2.12. The van der Waals surface area contributed by atoms with E-state index in [2.05, 4.69) is 5.32 Å². The molecule has 0 aliphatic carbocycles. The molecule has 0 saturated heterocycles. The van der Waals surface area contributed by atoms with Gasteiger partial charge in [0.15, 0.2) is 6.10 Å². The Bertz CT molecular complexity index is 711. The fourth-order valence-electron chi connectivity index (χ4n) is 2.34. The number of alkyl halides is 3. The van der Waals surface area contributed by atoms with Crippen LogP contribution in [0.5, 0.6) is 5.75 Å². The Hall–Kier alpha value is -2.50. The average Bonchev–Trinajstić information content (AvgIpc) is 2.59. The van der Waals surface area contributed by atoms with Crippen molar-refractivity contribution in [1.29, 1.82) is 0 Å². The van der Waals surface area contributed by atoms with Gasteiger partial charge < -0.3 is 10.1 Å². The molecule has 0 heterocycles. The molecule has 3 nitrogen and oxygen atoms in total. The average molecular weight is 351 g/mol. The van der Waals surface area contributed by atoms with Crippen LogP contribution in [0.3, 0.4) is 0 Å². The van der Waals surface area contributed by atoms with E-state index in [0.717, 1.165) is 18.1 Å². The van der Waals surface area contributed by atoms with Gasteiger partial charge in [-0.1, -0.05) is 38.1 Å². The molecule has 134 valence electrons. The summed E-state index contributed by atoms with van der Waals surface area (Å²) in [6.45, 7) is 3.76. The maximum atomic E-state index is 13.0. The highest BCUT2D eigenvalue weighted by Crippen LogP contribution is 2.34. The summed E-state index contributed by atoms with van der Waals surface area (Å²) >= 11 is 0. The topological polar surface area (TPSA) is 38.3 Å². The van der Waals surface area contributed by atoms with Crippen LogP contribution in [0.2, 0.25) is 0 Å². The van der Waals surface area contributed by atoms with E-state index in [0.29, 0.717) is 12.2 Å². The van der Waals surface area contributed by atoms with Gasteiger partial charge in [0.05, 0.1) is 11.3 Å². The zero-order valence-electron chi connectivity index (χ0n) is 14.1. The second-order valence-corrected chi connectivity index (χ2v) is 5.54. The largest absolute Gasteiger partial charge is 0.481 e. The summed E-state index contributed by atoms with van der Waals surface area (Å²) in [5, 5.41) is 2.33. The predicted molar refractivity (Wildman–Crippen MR) is 90.6 cm³/mol. The van der Waals surface area contributed by atoms with Gasteiger partial charge in [-0.15, -0.1) is 0 Å². The predicted octanol–water partition coefficient (Wildman–Crippen LogP) is 5.06. The summed E-state index contributed by atoms with van der Waals surface area (Å²) in [6, 6.07) is 12.1. The van der Waals surface area contributed by atoms with Crippen LogP contribution in [0.1, 0.15) is 31.4 Å². The number of ether oxygens (including phenoxy) is 1. The van der Waals surface area contributed by atoms with Crippen LogP contribution >= 0.6 is 0 Å². The Morgan fingerprint density at radius 3 is 2.28 bits per heavy atom. The van der Waals surface area contributed by atoms with Gasteiger partial charge in [0.1, 0.15) is 5.75 Å². The molecule has 1 amide bonds. The number of carbonyl (C=O) groups is 1. The van der Waals surface area contributed by atoms with Gasteiger partial charge in [-0.25, -0.2) is 0 Å². The molecule has 0 radical (unpaired) electrons. The number of amides is 1. The molecule has 0 aliphatic rings. The number of para-hydroxylation sites is 1. The zero-order chi connectivity index (χ0) is 18.4. The fourth-order valence-corrected chi connectivity index (χ4v) is 2.34. The lowest BCUT2D eigenvalue weighted by atomic mass is 10.1. The van der Waals surface area contributed by atoms with Gasteiger partial charge in [0.2, 0.25) is 0 Å². The van der Waals surface area contributed by atoms with E-state index in [4.69, 9.17) is 4.74 Å². The van der Waals surface area contributed by atoms with Crippen molar-refractivity contribution >= 4 is 11.6 Å². The molecule has 2 aromatic carbocycles. The van der Waals surface area contributed by atoms with Crippen molar-refractivity contribution in [1.82, 2.24) is 0 Å². The van der Waals surface area contributed by atoms with E-state index in [1.807, 2.05) is 19.1 Å². The van der Waals surface area contributed by atoms with Crippen molar-refractivity contribution in [2.45, 2.75) is 39.0 Å². The number of hydrogen-bond acceptors (Lipinski definition) is 2. The summed E-state index contributed by atoms with van der Waals surface area (Å²) in [5.41, 5.74) is -0.0298. The van der Waals surface area contributed by atoms with Crippen molar-refractivity contribution in [3.05, 3.63) is 59.7 Å². The summed E-state index contributed by atoms with van der Waals surface area (Å²) in [6.07, 6.45) is -4.21. The molecule has 6 heteroatoms. The summed E-state index contributed by atoms with van der Waals surface area (Å²) < 4.78 is 44.7. The van der Waals surface area contributed by atoms with Gasteiger partial charge >= 0.3 is 6.18 Å². The molecular formula is C19H20F3NO2. The lowest BCUT2D eigenvalue weighted by Crippen LogP contribution is -2.33. The number of carbonyl (C=O) groups excluding carboxylic acids is 1. The Labute approximate surface area is 144 Å². The third-order valence-corrected chi connectivity index (χ3v) is 3.76.